The number of fused-ring (bicyclic) bond motifs is 1. The zero-order valence-electron chi connectivity index (χ0n) is 12.0. The van der Waals surface area contributed by atoms with Crippen molar-refractivity contribution in [2.45, 2.75) is 26.3 Å². The van der Waals surface area contributed by atoms with Crippen molar-refractivity contribution in [2.75, 3.05) is 13.1 Å². The number of hydrogen-bond acceptors (Lipinski definition) is 3. The average molecular weight is 287 g/mol. The number of rotatable bonds is 2. The normalized spacial score (nSPS) is 14.6. The van der Waals surface area contributed by atoms with E-state index in [-0.39, 0.29) is 11.4 Å². The van der Waals surface area contributed by atoms with E-state index in [4.69, 9.17) is 0 Å². The summed E-state index contributed by atoms with van der Waals surface area (Å²) in [6.07, 6.45) is 3.06. The molecule has 4 nitrogen and oxygen atoms in total. The topological polar surface area (TPSA) is 46.9 Å². The SMILES string of the molecule is Cc1ccc(F)cc1Cn1cnc2c(c1=O)CCNCC2. The van der Waals surface area contributed by atoms with Crippen LogP contribution in [-0.2, 0) is 19.4 Å². The van der Waals surface area contributed by atoms with Gasteiger partial charge in [0.05, 0.1) is 18.6 Å². The van der Waals surface area contributed by atoms with Crippen LogP contribution >= 0.6 is 0 Å². The highest BCUT2D eigenvalue weighted by Crippen LogP contribution is 2.12. The second-order valence-electron chi connectivity index (χ2n) is 5.42. The first-order chi connectivity index (χ1) is 10.1. The minimum absolute atomic E-state index is 0.00707. The first-order valence-corrected chi connectivity index (χ1v) is 7.18. The van der Waals surface area contributed by atoms with Gasteiger partial charge in [-0.2, -0.15) is 0 Å². The van der Waals surface area contributed by atoms with Crippen LogP contribution in [0.4, 0.5) is 4.39 Å². The maximum atomic E-state index is 13.4. The van der Waals surface area contributed by atoms with Gasteiger partial charge in [-0.15, -0.1) is 0 Å². The summed E-state index contributed by atoms with van der Waals surface area (Å²) in [5.41, 5.74) is 3.45. The molecule has 3 rings (SSSR count). The number of aromatic nitrogens is 2. The lowest BCUT2D eigenvalue weighted by Crippen LogP contribution is -2.27. The van der Waals surface area contributed by atoms with Crippen molar-refractivity contribution in [1.29, 1.82) is 0 Å². The number of hydrogen-bond donors (Lipinski definition) is 1. The zero-order valence-corrected chi connectivity index (χ0v) is 12.0. The standard InChI is InChI=1S/C16H18FN3O/c1-11-2-3-13(17)8-12(11)9-20-10-19-15-5-7-18-6-4-14(15)16(20)21/h2-3,8,10,18H,4-7,9H2,1H3. The molecular weight excluding hydrogens is 269 g/mol. The maximum absolute atomic E-state index is 13.4. The van der Waals surface area contributed by atoms with E-state index in [2.05, 4.69) is 10.3 Å². The van der Waals surface area contributed by atoms with Gasteiger partial charge in [-0.05, 0) is 43.1 Å². The largest absolute Gasteiger partial charge is 0.316 e. The van der Waals surface area contributed by atoms with Gasteiger partial charge in [0.25, 0.3) is 5.56 Å². The summed E-state index contributed by atoms with van der Waals surface area (Å²) < 4.78 is 14.9. The molecule has 110 valence electrons. The van der Waals surface area contributed by atoms with Gasteiger partial charge in [-0.25, -0.2) is 9.37 Å². The first-order valence-electron chi connectivity index (χ1n) is 7.18. The van der Waals surface area contributed by atoms with Gasteiger partial charge in [-0.1, -0.05) is 6.07 Å². The summed E-state index contributed by atoms with van der Waals surface area (Å²) in [5, 5.41) is 3.27. The summed E-state index contributed by atoms with van der Waals surface area (Å²) in [6.45, 7) is 3.93. The van der Waals surface area contributed by atoms with Crippen LogP contribution in [0.5, 0.6) is 0 Å². The molecule has 0 amide bonds. The fourth-order valence-electron chi connectivity index (χ4n) is 2.68. The molecule has 0 saturated heterocycles. The Kier molecular flexibility index (Phi) is 3.84. The van der Waals surface area contributed by atoms with Crippen LogP contribution in [-0.4, -0.2) is 22.6 Å². The zero-order chi connectivity index (χ0) is 14.8. The van der Waals surface area contributed by atoms with Crippen molar-refractivity contribution in [3.8, 4) is 0 Å². The van der Waals surface area contributed by atoms with Crippen LogP contribution in [0, 0.1) is 12.7 Å². The van der Waals surface area contributed by atoms with E-state index in [9.17, 15) is 9.18 Å². The van der Waals surface area contributed by atoms with E-state index >= 15 is 0 Å². The number of halogens is 1. The van der Waals surface area contributed by atoms with E-state index in [1.54, 1.807) is 17.0 Å². The van der Waals surface area contributed by atoms with E-state index < -0.39 is 0 Å². The summed E-state index contributed by atoms with van der Waals surface area (Å²) in [7, 11) is 0. The number of nitrogens with zero attached hydrogens (tertiary/aromatic N) is 2. The Morgan fingerprint density at radius 1 is 1.33 bits per heavy atom. The Labute approximate surface area is 122 Å². The average Bonchev–Trinajstić information content (AvgIpc) is 2.71. The maximum Gasteiger partial charge on any atom is 0.257 e. The fourth-order valence-corrected chi connectivity index (χ4v) is 2.68. The van der Waals surface area contributed by atoms with E-state index in [0.29, 0.717) is 13.0 Å². The number of nitrogens with one attached hydrogen (secondary N) is 1. The lowest BCUT2D eigenvalue weighted by atomic mass is 10.1. The molecule has 0 unspecified atom stereocenters. The molecule has 2 aromatic rings. The Morgan fingerprint density at radius 2 is 2.14 bits per heavy atom. The molecule has 0 spiro atoms. The second kappa shape index (κ2) is 5.77. The highest BCUT2D eigenvalue weighted by atomic mass is 19.1. The van der Waals surface area contributed by atoms with Gasteiger partial charge >= 0.3 is 0 Å². The van der Waals surface area contributed by atoms with Crippen LogP contribution in [0.15, 0.2) is 29.3 Å². The van der Waals surface area contributed by atoms with Gasteiger partial charge < -0.3 is 5.32 Å². The molecule has 1 aromatic heterocycles. The third kappa shape index (κ3) is 2.88. The van der Waals surface area contributed by atoms with Gasteiger partial charge in [0.15, 0.2) is 0 Å². The summed E-state index contributed by atoms with van der Waals surface area (Å²) >= 11 is 0. The molecule has 0 aliphatic carbocycles. The molecule has 1 aromatic carbocycles. The molecule has 5 heteroatoms. The minimum Gasteiger partial charge on any atom is -0.316 e. The first kappa shape index (κ1) is 13.9. The Hall–Kier alpha value is -2.01. The lowest BCUT2D eigenvalue weighted by molar-refractivity contribution is 0.620. The molecule has 0 radical (unpaired) electrons. The third-order valence-electron chi connectivity index (χ3n) is 3.96. The number of benzene rings is 1. The summed E-state index contributed by atoms with van der Waals surface area (Å²) in [4.78, 5) is 17.0. The highest BCUT2D eigenvalue weighted by Gasteiger charge is 2.14. The van der Waals surface area contributed by atoms with Gasteiger partial charge in [-0.3, -0.25) is 9.36 Å². The van der Waals surface area contributed by atoms with E-state index in [1.165, 1.54) is 12.1 Å². The van der Waals surface area contributed by atoms with Gasteiger partial charge in [0.2, 0.25) is 0 Å². The lowest BCUT2D eigenvalue weighted by Gasteiger charge is -2.11. The predicted molar refractivity (Wildman–Crippen MR) is 79.0 cm³/mol. The Bertz CT molecular complexity index is 724. The monoisotopic (exact) mass is 287 g/mol. The van der Waals surface area contributed by atoms with Crippen LogP contribution in [0.3, 0.4) is 0 Å². The molecule has 0 atom stereocenters. The van der Waals surface area contributed by atoms with Crippen molar-refractivity contribution in [3.05, 3.63) is 63.1 Å². The Morgan fingerprint density at radius 3 is 3.00 bits per heavy atom. The van der Waals surface area contributed by atoms with Crippen molar-refractivity contribution in [2.24, 2.45) is 0 Å². The van der Waals surface area contributed by atoms with Gasteiger partial charge in [0, 0.05) is 18.5 Å². The van der Waals surface area contributed by atoms with Crippen LogP contribution in [0.25, 0.3) is 0 Å². The molecule has 1 N–H and O–H groups in total. The van der Waals surface area contributed by atoms with E-state index in [1.807, 2.05) is 6.92 Å². The summed E-state index contributed by atoms with van der Waals surface area (Å²) in [5.74, 6) is -0.282. The molecule has 0 fully saturated rings. The molecule has 0 saturated carbocycles. The molecule has 2 heterocycles. The van der Waals surface area contributed by atoms with Crippen LogP contribution < -0.4 is 10.9 Å². The Balaban J connectivity index is 1.98. The van der Waals surface area contributed by atoms with Crippen molar-refractivity contribution in [1.82, 2.24) is 14.9 Å². The smallest absolute Gasteiger partial charge is 0.257 e. The molecule has 1 aliphatic rings. The summed E-state index contributed by atoms with van der Waals surface area (Å²) in [6, 6.07) is 4.65. The van der Waals surface area contributed by atoms with Crippen LogP contribution in [0.2, 0.25) is 0 Å². The quantitative estimate of drug-likeness (QED) is 0.909. The predicted octanol–water partition coefficient (Wildman–Crippen LogP) is 1.43. The molecule has 0 bridgehead atoms. The third-order valence-corrected chi connectivity index (χ3v) is 3.96. The van der Waals surface area contributed by atoms with Crippen molar-refractivity contribution in [3.63, 3.8) is 0 Å². The van der Waals surface area contributed by atoms with Crippen molar-refractivity contribution < 1.29 is 4.39 Å². The van der Waals surface area contributed by atoms with Gasteiger partial charge in [0.1, 0.15) is 5.82 Å². The van der Waals surface area contributed by atoms with E-state index in [0.717, 1.165) is 41.9 Å². The highest BCUT2D eigenvalue weighted by molar-refractivity contribution is 5.27. The fraction of sp³-hybridized carbons (Fsp3) is 0.375. The molecule has 1 aliphatic heterocycles. The van der Waals surface area contributed by atoms with Crippen LogP contribution in [0.1, 0.15) is 22.4 Å². The van der Waals surface area contributed by atoms with Crippen molar-refractivity contribution >= 4 is 0 Å². The second-order valence-corrected chi connectivity index (χ2v) is 5.42. The minimum atomic E-state index is -0.282. The number of aryl methyl sites for hydroxylation is 1. The molecule has 21 heavy (non-hydrogen) atoms. The molecular formula is C16H18FN3O.